The van der Waals surface area contributed by atoms with Crippen molar-refractivity contribution in [2.75, 3.05) is 0 Å². The molecule has 0 fully saturated rings. The highest BCUT2D eigenvalue weighted by Gasteiger charge is 2.23. The second-order valence-corrected chi connectivity index (χ2v) is 17.8. The van der Waals surface area contributed by atoms with Gasteiger partial charge in [0, 0.05) is 53.0 Å². The van der Waals surface area contributed by atoms with Crippen LogP contribution in [0.5, 0.6) is 0 Å². The van der Waals surface area contributed by atoms with Crippen LogP contribution in [0.1, 0.15) is 24.2 Å². The molecule has 3 aromatic heterocycles. The molecule has 0 unspecified atom stereocenters. The van der Waals surface area contributed by atoms with Crippen LogP contribution in [0, 0.1) is 0 Å². The first-order chi connectivity index (χ1) is 32.2. The van der Waals surface area contributed by atoms with E-state index in [1.54, 1.807) is 0 Å². The number of benzene rings is 9. The van der Waals surface area contributed by atoms with Crippen LogP contribution in [0.25, 0.3) is 120 Å². The number of allylic oxidation sites excluding steroid dienone is 4. The summed E-state index contributed by atoms with van der Waals surface area (Å²) in [6.07, 6.45) is 6.22. The normalized spacial score (nSPS) is 13.0. The number of nitrogens with zero attached hydrogens (tertiary/aromatic N) is 4. The molecule has 12 aromatic rings. The van der Waals surface area contributed by atoms with E-state index in [4.69, 9.17) is 19.9 Å². The SMILES string of the molecule is C1=C(c2nc(-c3ccccc3)nc(-c3ccccc3)n2)CCC(c2c3ccccc3c(-c3ccc4sc5c(ccc6c(-c7ccccc7)nc7ccccc7c65)c4c3)c3ccccc23)=C1. The van der Waals surface area contributed by atoms with Gasteiger partial charge in [-0.15, -0.1) is 11.3 Å². The summed E-state index contributed by atoms with van der Waals surface area (Å²) in [6.45, 7) is 0. The molecular formula is C60H38N4S. The Hall–Kier alpha value is -8.12. The monoisotopic (exact) mass is 846 g/mol. The molecule has 65 heavy (non-hydrogen) atoms. The van der Waals surface area contributed by atoms with Gasteiger partial charge in [0.25, 0.3) is 0 Å². The van der Waals surface area contributed by atoms with Crippen molar-refractivity contribution in [3.8, 4) is 45.2 Å². The van der Waals surface area contributed by atoms with Gasteiger partial charge in [0.15, 0.2) is 17.5 Å². The minimum atomic E-state index is 0.683. The van der Waals surface area contributed by atoms with Crippen molar-refractivity contribution in [2.45, 2.75) is 12.8 Å². The lowest BCUT2D eigenvalue weighted by Gasteiger charge is -2.21. The maximum Gasteiger partial charge on any atom is 0.164 e. The zero-order valence-corrected chi connectivity index (χ0v) is 36.1. The van der Waals surface area contributed by atoms with E-state index in [0.29, 0.717) is 11.6 Å². The van der Waals surface area contributed by atoms with E-state index in [2.05, 4.69) is 170 Å². The van der Waals surface area contributed by atoms with E-state index in [1.165, 1.54) is 80.1 Å². The maximum atomic E-state index is 5.22. The first-order valence-corrected chi connectivity index (χ1v) is 23.0. The molecule has 0 bridgehead atoms. The van der Waals surface area contributed by atoms with Crippen molar-refractivity contribution < 1.29 is 0 Å². The highest BCUT2D eigenvalue weighted by Crippen LogP contribution is 2.48. The molecule has 0 radical (unpaired) electrons. The third kappa shape index (κ3) is 6.27. The van der Waals surface area contributed by atoms with Gasteiger partial charge in [-0.05, 0) is 80.4 Å². The molecule has 5 heteroatoms. The summed E-state index contributed by atoms with van der Waals surface area (Å²) in [7, 11) is 0. The van der Waals surface area contributed by atoms with E-state index < -0.39 is 0 Å². The lowest BCUT2D eigenvalue weighted by Crippen LogP contribution is -2.04. The number of aromatic nitrogens is 4. The van der Waals surface area contributed by atoms with Crippen molar-refractivity contribution in [1.82, 2.24) is 19.9 Å². The van der Waals surface area contributed by atoms with E-state index in [-0.39, 0.29) is 0 Å². The molecule has 0 N–H and O–H groups in total. The van der Waals surface area contributed by atoms with Crippen molar-refractivity contribution in [1.29, 1.82) is 0 Å². The van der Waals surface area contributed by atoms with Gasteiger partial charge in [-0.2, -0.15) is 0 Å². The molecule has 304 valence electrons. The second-order valence-electron chi connectivity index (χ2n) is 16.8. The molecule has 0 atom stereocenters. The van der Waals surface area contributed by atoms with E-state index in [0.717, 1.165) is 52.1 Å². The van der Waals surface area contributed by atoms with Crippen LogP contribution in [0.2, 0.25) is 0 Å². The number of rotatable bonds is 6. The van der Waals surface area contributed by atoms with Crippen molar-refractivity contribution >= 4 is 85.9 Å². The standard InChI is InChI=1S/C60H38N4S/c1-4-16-38(17-5-1)56-49-34-33-47-50-36-42(32-35-52(50)65-57(47)55(49)48-26-14-15-27-51(48)61-56)54-45-24-12-10-22-43(45)53(44-23-11-13-25-46(44)54)37-28-30-41(31-29-37)60-63-58(39-18-6-2-7-19-39)62-59(64-60)40-20-8-3-9-21-40/h1-28,30,32-36H,29,31H2. The fourth-order valence-electron chi connectivity index (χ4n) is 10.0. The Kier molecular flexibility index (Phi) is 8.81. The van der Waals surface area contributed by atoms with Gasteiger partial charge in [-0.3, -0.25) is 0 Å². The summed E-state index contributed by atoms with van der Waals surface area (Å²) in [4.78, 5) is 20.3. The lowest BCUT2D eigenvalue weighted by atomic mass is 9.83. The third-order valence-corrected chi connectivity index (χ3v) is 14.2. The van der Waals surface area contributed by atoms with Crippen LogP contribution in [-0.2, 0) is 0 Å². The molecule has 0 aliphatic heterocycles. The summed E-state index contributed by atoms with van der Waals surface area (Å²) in [5.41, 5.74) is 11.3. The second kappa shape index (κ2) is 15.3. The van der Waals surface area contributed by atoms with Gasteiger partial charge < -0.3 is 0 Å². The number of hydrogen-bond acceptors (Lipinski definition) is 5. The Morgan fingerprint density at radius 1 is 0.338 bits per heavy atom. The topological polar surface area (TPSA) is 51.6 Å². The Balaban J connectivity index is 0.961. The zero-order chi connectivity index (χ0) is 42.8. The van der Waals surface area contributed by atoms with Gasteiger partial charge in [-0.1, -0.05) is 188 Å². The Morgan fingerprint density at radius 2 is 0.846 bits per heavy atom. The number of thiophene rings is 1. The van der Waals surface area contributed by atoms with Gasteiger partial charge in [0.1, 0.15) is 0 Å². The van der Waals surface area contributed by atoms with Gasteiger partial charge in [0.2, 0.25) is 0 Å². The molecule has 13 rings (SSSR count). The Morgan fingerprint density at radius 3 is 1.46 bits per heavy atom. The highest BCUT2D eigenvalue weighted by molar-refractivity contribution is 7.26. The zero-order valence-electron chi connectivity index (χ0n) is 35.2. The molecule has 0 saturated heterocycles. The third-order valence-electron chi connectivity index (χ3n) is 13.0. The first-order valence-electron chi connectivity index (χ1n) is 22.2. The maximum absolute atomic E-state index is 5.22. The molecule has 9 aromatic carbocycles. The van der Waals surface area contributed by atoms with Crippen LogP contribution >= 0.6 is 11.3 Å². The molecule has 4 nitrogen and oxygen atoms in total. The van der Waals surface area contributed by atoms with Gasteiger partial charge >= 0.3 is 0 Å². The molecular weight excluding hydrogens is 809 g/mol. The van der Waals surface area contributed by atoms with Gasteiger partial charge in [-0.25, -0.2) is 19.9 Å². The van der Waals surface area contributed by atoms with Crippen molar-refractivity contribution in [2.24, 2.45) is 0 Å². The Labute approximate surface area is 379 Å². The quantitative estimate of drug-likeness (QED) is 0.124. The number of pyridine rings is 1. The lowest BCUT2D eigenvalue weighted by molar-refractivity contribution is 0.986. The van der Waals surface area contributed by atoms with Crippen LogP contribution in [0.15, 0.2) is 206 Å². The predicted octanol–water partition coefficient (Wildman–Crippen LogP) is 16.2. The van der Waals surface area contributed by atoms with Crippen LogP contribution in [0.3, 0.4) is 0 Å². The summed E-state index contributed by atoms with van der Waals surface area (Å²) >= 11 is 1.89. The average molecular weight is 847 g/mol. The fourth-order valence-corrected chi connectivity index (χ4v) is 11.3. The van der Waals surface area contributed by atoms with E-state index >= 15 is 0 Å². The van der Waals surface area contributed by atoms with Crippen LogP contribution in [-0.4, -0.2) is 19.9 Å². The largest absolute Gasteiger partial charge is 0.247 e. The van der Waals surface area contributed by atoms with Gasteiger partial charge in [0.05, 0.1) is 11.2 Å². The summed E-state index contributed by atoms with van der Waals surface area (Å²) in [6, 6.07) is 69.2. The number of fused-ring (bicyclic) bond motifs is 9. The minimum absolute atomic E-state index is 0.683. The van der Waals surface area contributed by atoms with E-state index in [9.17, 15) is 0 Å². The summed E-state index contributed by atoms with van der Waals surface area (Å²) < 4.78 is 2.58. The minimum Gasteiger partial charge on any atom is -0.247 e. The molecule has 1 aliphatic rings. The van der Waals surface area contributed by atoms with Crippen molar-refractivity contribution in [3.63, 3.8) is 0 Å². The average Bonchev–Trinajstić information content (AvgIpc) is 3.76. The molecule has 3 heterocycles. The molecule has 0 saturated carbocycles. The summed E-state index contributed by atoms with van der Waals surface area (Å²) in [5, 5.41) is 11.2. The number of hydrogen-bond donors (Lipinski definition) is 0. The molecule has 0 amide bonds. The van der Waals surface area contributed by atoms with Crippen molar-refractivity contribution in [3.05, 3.63) is 218 Å². The van der Waals surface area contributed by atoms with E-state index in [1.807, 2.05) is 47.7 Å². The molecule has 1 aliphatic carbocycles. The molecule has 0 spiro atoms. The Bertz CT molecular complexity index is 3810. The fraction of sp³-hybridized carbons (Fsp3) is 0.0333. The summed E-state index contributed by atoms with van der Waals surface area (Å²) in [5.74, 6) is 2.09. The number of para-hydroxylation sites is 1. The van der Waals surface area contributed by atoms with Crippen LogP contribution in [0.4, 0.5) is 0 Å². The smallest absolute Gasteiger partial charge is 0.164 e. The predicted molar refractivity (Wildman–Crippen MR) is 274 cm³/mol. The van der Waals surface area contributed by atoms with Crippen LogP contribution < -0.4 is 0 Å². The highest BCUT2D eigenvalue weighted by atomic mass is 32.1. The first kappa shape index (κ1) is 37.4.